The van der Waals surface area contributed by atoms with Crippen molar-refractivity contribution in [1.29, 1.82) is 0 Å². The molecule has 0 radical (unpaired) electrons. The molecule has 0 spiro atoms. The van der Waals surface area contributed by atoms with Gasteiger partial charge in [0.05, 0.1) is 34.6 Å². The van der Waals surface area contributed by atoms with Crippen molar-refractivity contribution in [1.82, 2.24) is 18.7 Å². The Morgan fingerprint density at radius 2 is 2.00 bits per heavy atom. The molecule has 11 heteroatoms. The Kier molecular flexibility index (Phi) is 5.76. The van der Waals surface area contributed by atoms with Crippen LogP contribution in [0.3, 0.4) is 0 Å². The molecule has 2 aromatic carbocycles. The maximum atomic E-state index is 13.5. The van der Waals surface area contributed by atoms with Crippen LogP contribution in [0.1, 0.15) is 18.4 Å². The van der Waals surface area contributed by atoms with Crippen LogP contribution in [0.5, 0.6) is 0 Å². The second kappa shape index (κ2) is 8.88. The van der Waals surface area contributed by atoms with E-state index in [0.29, 0.717) is 22.9 Å². The van der Waals surface area contributed by atoms with Gasteiger partial charge in [-0.25, -0.2) is 14.3 Å². The zero-order chi connectivity index (χ0) is 23.8. The molecule has 1 saturated heterocycles. The van der Waals surface area contributed by atoms with Gasteiger partial charge in [-0.2, -0.15) is 0 Å². The van der Waals surface area contributed by atoms with Gasteiger partial charge in [0.1, 0.15) is 0 Å². The van der Waals surface area contributed by atoms with Gasteiger partial charge < -0.3 is 9.30 Å². The number of rotatable bonds is 6. The number of non-ortho nitro benzene ring substituents is 1. The van der Waals surface area contributed by atoms with Gasteiger partial charge in [0, 0.05) is 25.3 Å². The van der Waals surface area contributed by atoms with Gasteiger partial charge in [-0.15, -0.1) is 0 Å². The lowest BCUT2D eigenvalue weighted by atomic mass is 10.2. The van der Waals surface area contributed by atoms with Crippen molar-refractivity contribution in [2.24, 2.45) is 0 Å². The molecule has 0 aliphatic carbocycles. The molecule has 1 atom stereocenters. The van der Waals surface area contributed by atoms with Crippen LogP contribution in [0, 0.1) is 10.1 Å². The minimum Gasteiger partial charge on any atom is -0.376 e. The van der Waals surface area contributed by atoms with Gasteiger partial charge in [-0.05, 0) is 30.5 Å². The molecule has 0 amide bonds. The van der Waals surface area contributed by atoms with Gasteiger partial charge >= 0.3 is 5.69 Å². The van der Waals surface area contributed by atoms with Crippen molar-refractivity contribution in [2.45, 2.75) is 32.0 Å². The molecular formula is C23H20ClN5O5. The maximum Gasteiger partial charge on any atom is 0.337 e. The van der Waals surface area contributed by atoms with Crippen LogP contribution < -0.4 is 11.2 Å². The predicted molar refractivity (Wildman–Crippen MR) is 126 cm³/mol. The highest BCUT2D eigenvalue weighted by Gasteiger charge is 2.24. The highest BCUT2D eigenvalue weighted by atomic mass is 35.5. The highest BCUT2D eigenvalue weighted by Crippen LogP contribution is 2.22. The second-order valence-corrected chi connectivity index (χ2v) is 8.50. The monoisotopic (exact) mass is 481 g/mol. The summed E-state index contributed by atoms with van der Waals surface area (Å²) in [6, 6.07) is 13.0. The lowest BCUT2D eigenvalue weighted by molar-refractivity contribution is -0.384. The number of nitro benzene ring substituents is 1. The Morgan fingerprint density at radius 1 is 1.18 bits per heavy atom. The van der Waals surface area contributed by atoms with E-state index < -0.39 is 16.2 Å². The fourth-order valence-electron chi connectivity index (χ4n) is 4.27. The lowest BCUT2D eigenvalue weighted by Gasteiger charge is -2.16. The fraction of sp³-hybridized carbons (Fsp3) is 0.261. The van der Waals surface area contributed by atoms with Crippen molar-refractivity contribution in [3.8, 4) is 5.69 Å². The van der Waals surface area contributed by atoms with Gasteiger partial charge in [-0.1, -0.05) is 35.9 Å². The number of benzene rings is 2. The molecule has 1 aliphatic heterocycles. The standard InChI is InChI=1S/C23H20ClN5O5/c24-18-8-1-2-9-19(18)28-21-20(22(30)27(23(28)31)13-17-7-4-10-34-17)26(14-25-21)12-15-5-3-6-16(11-15)29(32)33/h1-3,5-6,8-9,11,14,17H,4,7,10,12-13H2/t17-/m1/s1. The average molecular weight is 482 g/mol. The summed E-state index contributed by atoms with van der Waals surface area (Å²) in [5.74, 6) is 0. The molecule has 4 aromatic rings. The van der Waals surface area contributed by atoms with Crippen LogP contribution in [0.15, 0.2) is 64.4 Å². The van der Waals surface area contributed by atoms with E-state index in [1.807, 2.05) is 0 Å². The van der Waals surface area contributed by atoms with E-state index in [1.165, 1.54) is 23.0 Å². The molecule has 0 unspecified atom stereocenters. The van der Waals surface area contributed by atoms with Crippen molar-refractivity contribution in [3.05, 3.63) is 96.4 Å². The lowest BCUT2D eigenvalue weighted by Crippen LogP contribution is -2.42. The predicted octanol–water partition coefficient (Wildman–Crippen LogP) is 3.14. The number of nitrogens with zero attached hydrogens (tertiary/aromatic N) is 5. The molecule has 0 bridgehead atoms. The number of halogens is 1. The fourth-order valence-corrected chi connectivity index (χ4v) is 4.49. The third-order valence-corrected chi connectivity index (χ3v) is 6.20. The maximum absolute atomic E-state index is 13.5. The smallest absolute Gasteiger partial charge is 0.337 e. The van der Waals surface area contributed by atoms with Gasteiger partial charge in [0.2, 0.25) is 0 Å². The summed E-state index contributed by atoms with van der Waals surface area (Å²) in [7, 11) is 0. The van der Waals surface area contributed by atoms with Crippen LogP contribution in [-0.4, -0.2) is 36.3 Å². The molecule has 3 heterocycles. The topological polar surface area (TPSA) is 114 Å². The minimum atomic E-state index is -0.554. The first-order valence-electron chi connectivity index (χ1n) is 10.7. The Hall–Kier alpha value is -3.76. The zero-order valence-electron chi connectivity index (χ0n) is 18.0. The first-order chi connectivity index (χ1) is 16.4. The van der Waals surface area contributed by atoms with Crippen molar-refractivity contribution < 1.29 is 9.66 Å². The van der Waals surface area contributed by atoms with E-state index >= 15 is 0 Å². The molecule has 2 aromatic heterocycles. The molecular weight excluding hydrogens is 462 g/mol. The number of ether oxygens (including phenoxy) is 1. The largest absolute Gasteiger partial charge is 0.376 e. The Morgan fingerprint density at radius 3 is 2.74 bits per heavy atom. The first kappa shape index (κ1) is 22.1. The number of nitro groups is 1. The first-order valence-corrected chi connectivity index (χ1v) is 11.1. The molecule has 1 aliphatic rings. The Bertz CT molecular complexity index is 1520. The number of aromatic nitrogens is 4. The van der Waals surface area contributed by atoms with Crippen molar-refractivity contribution in [3.63, 3.8) is 0 Å². The van der Waals surface area contributed by atoms with E-state index in [4.69, 9.17) is 16.3 Å². The summed E-state index contributed by atoms with van der Waals surface area (Å²) in [5, 5.41) is 11.5. The molecule has 0 saturated carbocycles. The number of hydrogen-bond donors (Lipinski definition) is 0. The zero-order valence-corrected chi connectivity index (χ0v) is 18.7. The van der Waals surface area contributed by atoms with Crippen LogP contribution in [0.2, 0.25) is 5.02 Å². The number of fused-ring (bicyclic) bond motifs is 1. The molecule has 34 heavy (non-hydrogen) atoms. The normalized spacial score (nSPS) is 15.7. The number of hydrogen-bond acceptors (Lipinski definition) is 6. The van der Waals surface area contributed by atoms with Crippen molar-refractivity contribution >= 4 is 28.5 Å². The summed E-state index contributed by atoms with van der Waals surface area (Å²) in [5.41, 5.74) is 0.283. The summed E-state index contributed by atoms with van der Waals surface area (Å²) in [6.45, 7) is 0.860. The van der Waals surface area contributed by atoms with E-state index in [9.17, 15) is 19.7 Å². The average Bonchev–Trinajstić information content (AvgIpc) is 3.48. The van der Waals surface area contributed by atoms with E-state index in [1.54, 1.807) is 41.0 Å². The Labute approximate surface area is 197 Å². The summed E-state index contributed by atoms with van der Waals surface area (Å²) < 4.78 is 9.76. The van der Waals surface area contributed by atoms with Crippen LogP contribution in [-0.2, 0) is 17.8 Å². The van der Waals surface area contributed by atoms with Crippen LogP contribution in [0.4, 0.5) is 5.69 Å². The van der Waals surface area contributed by atoms with E-state index in [-0.39, 0.29) is 36.0 Å². The Balaban J connectivity index is 1.72. The molecule has 0 N–H and O–H groups in total. The minimum absolute atomic E-state index is 0.0503. The second-order valence-electron chi connectivity index (χ2n) is 8.09. The summed E-state index contributed by atoms with van der Waals surface area (Å²) in [4.78, 5) is 42.1. The number of para-hydroxylation sites is 1. The summed E-state index contributed by atoms with van der Waals surface area (Å²) >= 11 is 6.41. The van der Waals surface area contributed by atoms with E-state index in [2.05, 4.69) is 4.98 Å². The highest BCUT2D eigenvalue weighted by molar-refractivity contribution is 6.32. The SMILES string of the molecule is O=c1c2c(ncn2Cc2cccc([N+](=O)[O-])c2)n(-c2ccccc2Cl)c(=O)n1C[C@H]1CCCO1. The molecule has 174 valence electrons. The third kappa shape index (κ3) is 3.91. The summed E-state index contributed by atoms with van der Waals surface area (Å²) in [6.07, 6.45) is 2.83. The number of imidazole rings is 1. The van der Waals surface area contributed by atoms with Crippen LogP contribution >= 0.6 is 11.6 Å². The van der Waals surface area contributed by atoms with Gasteiger partial charge in [-0.3, -0.25) is 19.5 Å². The molecule has 10 nitrogen and oxygen atoms in total. The van der Waals surface area contributed by atoms with E-state index in [0.717, 1.165) is 17.4 Å². The third-order valence-electron chi connectivity index (χ3n) is 5.88. The van der Waals surface area contributed by atoms with Gasteiger partial charge in [0.25, 0.3) is 11.2 Å². The van der Waals surface area contributed by atoms with Crippen LogP contribution in [0.25, 0.3) is 16.9 Å². The quantitative estimate of drug-likeness (QED) is 0.309. The molecule has 1 fully saturated rings. The van der Waals surface area contributed by atoms with Gasteiger partial charge in [0.15, 0.2) is 11.2 Å². The molecule has 5 rings (SSSR count). The van der Waals surface area contributed by atoms with Crippen molar-refractivity contribution in [2.75, 3.05) is 6.61 Å².